The van der Waals surface area contributed by atoms with Crippen molar-refractivity contribution in [3.05, 3.63) is 93.5 Å². The van der Waals surface area contributed by atoms with Crippen LogP contribution in [0.2, 0.25) is 10.0 Å². The molecule has 1 N–H and O–H groups in total. The van der Waals surface area contributed by atoms with Crippen LogP contribution in [0.3, 0.4) is 0 Å². The number of piperazine rings is 1. The van der Waals surface area contributed by atoms with Gasteiger partial charge in [0, 0.05) is 67.5 Å². The average molecular weight is 708 g/mol. The summed E-state index contributed by atoms with van der Waals surface area (Å²) in [6.45, 7) is 10.1. The minimum atomic E-state index is -0.593. The van der Waals surface area contributed by atoms with Crippen molar-refractivity contribution in [2.24, 2.45) is 10.4 Å². The maximum absolute atomic E-state index is 14.8. The third-order valence-electron chi connectivity index (χ3n) is 8.66. The molecule has 12 heteroatoms. The molecule has 2 heterocycles. The number of amidine groups is 1. The van der Waals surface area contributed by atoms with Gasteiger partial charge in [-0.3, -0.25) is 24.4 Å². The highest BCUT2D eigenvalue weighted by molar-refractivity contribution is 6.30. The van der Waals surface area contributed by atoms with E-state index in [1.807, 2.05) is 87.2 Å². The van der Waals surface area contributed by atoms with Gasteiger partial charge in [0.15, 0.2) is 0 Å². The summed E-state index contributed by atoms with van der Waals surface area (Å²) in [7, 11) is 3.48. The Balaban J connectivity index is 1.59. The summed E-state index contributed by atoms with van der Waals surface area (Å²) in [4.78, 5) is 52.6. The zero-order chi connectivity index (χ0) is 35.5. The van der Waals surface area contributed by atoms with Crippen molar-refractivity contribution in [2.45, 2.75) is 39.8 Å². The number of nitrogens with zero attached hydrogens (tertiary/aromatic N) is 5. The molecule has 2 aliphatic heterocycles. The predicted octanol–water partition coefficient (Wildman–Crippen LogP) is 6.75. The highest BCUT2D eigenvalue weighted by Crippen LogP contribution is 2.46. The number of halogens is 2. The number of carbonyl (C=O) groups is 3. The molecule has 0 aromatic heterocycles. The number of rotatable bonds is 8. The van der Waals surface area contributed by atoms with E-state index < -0.39 is 17.5 Å². The minimum absolute atomic E-state index is 0.0212. The van der Waals surface area contributed by atoms with E-state index in [-0.39, 0.29) is 17.8 Å². The number of ether oxygens (including phenoxy) is 1. The van der Waals surface area contributed by atoms with Gasteiger partial charge in [0.2, 0.25) is 11.8 Å². The zero-order valence-electron chi connectivity index (χ0n) is 28.9. The van der Waals surface area contributed by atoms with Crippen LogP contribution in [0.5, 0.6) is 5.75 Å². The Morgan fingerprint density at radius 3 is 2.04 bits per heavy atom. The van der Waals surface area contributed by atoms with Crippen LogP contribution in [0, 0.1) is 5.41 Å². The van der Waals surface area contributed by atoms with Crippen LogP contribution in [-0.2, 0) is 9.59 Å². The number of likely N-dealkylation sites (N-methyl/N-ethyl adjacent to an activating group) is 1. The Morgan fingerprint density at radius 2 is 1.49 bits per heavy atom. The van der Waals surface area contributed by atoms with Crippen LogP contribution in [0.15, 0.2) is 71.7 Å². The number of anilines is 1. The summed E-state index contributed by atoms with van der Waals surface area (Å²) in [5.74, 6) is 0.833. The fourth-order valence-electron chi connectivity index (χ4n) is 5.82. The van der Waals surface area contributed by atoms with Crippen LogP contribution < -0.4 is 10.1 Å². The topological polar surface area (TPSA) is 97.8 Å². The molecule has 0 bridgehead atoms. The second kappa shape index (κ2) is 15.2. The van der Waals surface area contributed by atoms with Gasteiger partial charge >= 0.3 is 6.03 Å². The molecule has 1 saturated heterocycles. The number of hydrogen-bond acceptors (Lipinski definition) is 6. The first-order chi connectivity index (χ1) is 23.3. The molecule has 0 aliphatic carbocycles. The lowest BCUT2D eigenvalue weighted by molar-refractivity contribution is -0.130. The third kappa shape index (κ3) is 8.37. The van der Waals surface area contributed by atoms with Crippen molar-refractivity contribution < 1.29 is 19.1 Å². The van der Waals surface area contributed by atoms with Gasteiger partial charge in [0.25, 0.3) is 0 Å². The van der Waals surface area contributed by atoms with Crippen molar-refractivity contribution in [3.8, 4) is 5.75 Å². The molecular weight excluding hydrogens is 663 g/mol. The van der Waals surface area contributed by atoms with E-state index in [9.17, 15) is 14.4 Å². The Morgan fingerprint density at radius 1 is 0.898 bits per heavy atom. The molecule has 0 radical (unpaired) electrons. The molecular formula is C37H44Cl2N6O4. The quantitative estimate of drug-likeness (QED) is 0.280. The highest BCUT2D eigenvalue weighted by atomic mass is 35.5. The number of carbonyl (C=O) groups excluding carboxylic acids is 3. The molecule has 3 aromatic carbocycles. The molecule has 49 heavy (non-hydrogen) atoms. The van der Waals surface area contributed by atoms with E-state index in [1.54, 1.807) is 36.0 Å². The molecule has 1 fully saturated rings. The first kappa shape index (κ1) is 36.2. The number of amides is 4. The van der Waals surface area contributed by atoms with Gasteiger partial charge < -0.3 is 19.9 Å². The van der Waals surface area contributed by atoms with Gasteiger partial charge in [-0.2, -0.15) is 0 Å². The van der Waals surface area contributed by atoms with Crippen LogP contribution in [0.25, 0.3) is 0 Å². The van der Waals surface area contributed by atoms with Crippen molar-refractivity contribution in [2.75, 3.05) is 58.7 Å². The smallest absolute Gasteiger partial charge is 0.326 e. The monoisotopic (exact) mass is 706 g/mol. The van der Waals surface area contributed by atoms with E-state index in [1.165, 1.54) is 0 Å². The van der Waals surface area contributed by atoms with Gasteiger partial charge in [0.05, 0.1) is 24.8 Å². The molecule has 0 spiro atoms. The van der Waals surface area contributed by atoms with Crippen molar-refractivity contribution in [1.29, 1.82) is 0 Å². The van der Waals surface area contributed by atoms with Gasteiger partial charge in [-0.1, -0.05) is 68.2 Å². The lowest BCUT2D eigenvalue weighted by atomic mass is 9.93. The number of hydrogen-bond donors (Lipinski definition) is 1. The predicted molar refractivity (Wildman–Crippen MR) is 195 cm³/mol. The van der Waals surface area contributed by atoms with Crippen LogP contribution in [0.4, 0.5) is 10.5 Å². The minimum Gasteiger partial charge on any atom is -0.493 e. The maximum Gasteiger partial charge on any atom is 0.326 e. The molecule has 2 aliphatic rings. The summed E-state index contributed by atoms with van der Waals surface area (Å²) in [6, 6.07) is 19.2. The van der Waals surface area contributed by atoms with Crippen molar-refractivity contribution >= 4 is 52.6 Å². The average Bonchev–Trinajstić information content (AvgIpc) is 3.45. The van der Waals surface area contributed by atoms with E-state index in [0.29, 0.717) is 72.2 Å². The van der Waals surface area contributed by atoms with Crippen LogP contribution in [0.1, 0.15) is 56.5 Å². The third-order valence-corrected chi connectivity index (χ3v) is 9.16. The molecule has 3 aromatic rings. The van der Waals surface area contributed by atoms with Crippen LogP contribution >= 0.6 is 23.2 Å². The zero-order valence-corrected chi connectivity index (χ0v) is 30.4. The molecule has 10 nitrogen and oxygen atoms in total. The fraction of sp³-hybridized carbons (Fsp3) is 0.405. The molecule has 2 atom stereocenters. The van der Waals surface area contributed by atoms with Gasteiger partial charge in [-0.25, -0.2) is 4.79 Å². The lowest BCUT2D eigenvalue weighted by Gasteiger charge is -2.39. The second-order valence-electron chi connectivity index (χ2n) is 13.5. The number of urea groups is 1. The second-order valence-corrected chi connectivity index (χ2v) is 14.4. The number of benzene rings is 3. The molecule has 4 amide bonds. The van der Waals surface area contributed by atoms with Gasteiger partial charge in [0.1, 0.15) is 17.6 Å². The van der Waals surface area contributed by atoms with Crippen molar-refractivity contribution in [3.63, 3.8) is 0 Å². The summed E-state index contributed by atoms with van der Waals surface area (Å²) in [5, 5.41) is 4.16. The molecule has 0 unspecified atom stereocenters. The number of nitrogens with one attached hydrogen (secondary N) is 1. The standard InChI is InChI=1S/C37H44Cl2N6O4/c1-7-49-30-22-28(40-35(47)37(2,3)4)16-17-29(30)34-41-32(24-8-12-26(38)13-9-24)33(25-10-14-27(39)15-11-25)45(34)36(48)44-20-18-43(19-21-44)23-31(46)42(5)6/h8-17,22,32-33H,7,18-21,23H2,1-6H3,(H,40,47)/t32-,33+/m0/s1. The van der Waals surface area contributed by atoms with Crippen LogP contribution in [-0.4, -0.2) is 96.7 Å². The normalized spacial score (nSPS) is 18.2. The Kier molecular flexibility index (Phi) is 11.2. The van der Waals surface area contributed by atoms with Crippen molar-refractivity contribution in [1.82, 2.24) is 19.6 Å². The molecule has 5 rings (SSSR count). The highest BCUT2D eigenvalue weighted by Gasteiger charge is 2.45. The Bertz CT molecular complexity index is 1700. The molecule has 260 valence electrons. The lowest BCUT2D eigenvalue weighted by Crippen LogP contribution is -2.55. The maximum atomic E-state index is 14.8. The number of aliphatic imine (C=N–C) groups is 1. The first-order valence-electron chi connectivity index (χ1n) is 16.4. The fourth-order valence-corrected chi connectivity index (χ4v) is 6.07. The summed E-state index contributed by atoms with van der Waals surface area (Å²) in [5.41, 5.74) is 2.35. The molecule has 0 saturated carbocycles. The van der Waals surface area contributed by atoms with Gasteiger partial charge in [-0.05, 0) is 54.4 Å². The van der Waals surface area contributed by atoms with E-state index in [4.69, 9.17) is 32.9 Å². The van der Waals surface area contributed by atoms with E-state index in [2.05, 4.69) is 10.2 Å². The van der Waals surface area contributed by atoms with Gasteiger partial charge in [-0.15, -0.1) is 0 Å². The summed E-state index contributed by atoms with van der Waals surface area (Å²) >= 11 is 12.6. The SMILES string of the molecule is CCOc1cc(NC(=O)C(C)(C)C)ccc1C1=N[C@@H](c2ccc(Cl)cc2)[C@@H](c2ccc(Cl)cc2)N1C(=O)N1CCN(CC(=O)N(C)C)CC1. The summed E-state index contributed by atoms with van der Waals surface area (Å²) in [6.07, 6.45) is 0. The first-order valence-corrected chi connectivity index (χ1v) is 17.2. The largest absolute Gasteiger partial charge is 0.493 e. The van der Waals surface area contributed by atoms with E-state index >= 15 is 0 Å². The van der Waals surface area contributed by atoms with E-state index in [0.717, 1.165) is 11.1 Å². The summed E-state index contributed by atoms with van der Waals surface area (Å²) < 4.78 is 6.15. The Hall–Kier alpha value is -4.12. The Labute approximate surface area is 298 Å².